The van der Waals surface area contributed by atoms with Crippen molar-refractivity contribution in [2.75, 3.05) is 0 Å². The van der Waals surface area contributed by atoms with E-state index in [1.165, 1.54) is 24.0 Å². The molecule has 0 aliphatic carbocycles. The van der Waals surface area contributed by atoms with E-state index in [0.717, 1.165) is 36.4 Å². The molecule has 0 unspecified atom stereocenters. The fraction of sp³-hybridized carbons (Fsp3) is 0.391. The zero-order valence-corrected chi connectivity index (χ0v) is 16.4. The van der Waals surface area contributed by atoms with Crippen molar-refractivity contribution in [1.82, 2.24) is 15.2 Å². The Hall–Kier alpha value is -2.86. The molecule has 0 saturated carbocycles. The second-order valence-corrected chi connectivity index (χ2v) is 8.30. The molecule has 29 heavy (non-hydrogen) atoms. The third kappa shape index (κ3) is 3.85. The Kier molecular flexibility index (Phi) is 4.72. The number of fused-ring (bicyclic) bond motifs is 3. The first-order valence-corrected chi connectivity index (χ1v) is 10.4. The van der Waals surface area contributed by atoms with Gasteiger partial charge in [-0.1, -0.05) is 36.4 Å². The molecule has 5 rings (SSSR count). The van der Waals surface area contributed by atoms with Crippen molar-refractivity contribution in [2.45, 2.75) is 56.8 Å². The van der Waals surface area contributed by atoms with Gasteiger partial charge < -0.3 is 15.5 Å². The maximum Gasteiger partial charge on any atom is 0.312 e. The van der Waals surface area contributed by atoms with E-state index in [1.807, 2.05) is 24.3 Å². The highest BCUT2D eigenvalue weighted by atomic mass is 16.3. The Morgan fingerprint density at radius 1 is 1.07 bits per heavy atom. The third-order valence-corrected chi connectivity index (χ3v) is 6.31. The number of hydrogen-bond acceptors (Lipinski definition) is 4. The molecule has 150 valence electrons. The Morgan fingerprint density at radius 2 is 1.76 bits per heavy atom. The van der Waals surface area contributed by atoms with E-state index in [-0.39, 0.29) is 6.04 Å². The quantitative estimate of drug-likeness (QED) is 0.697. The molecule has 2 bridgehead atoms. The minimum atomic E-state index is -0.405. The van der Waals surface area contributed by atoms with Gasteiger partial charge in [-0.3, -0.25) is 4.90 Å². The highest BCUT2D eigenvalue weighted by Crippen LogP contribution is 2.36. The van der Waals surface area contributed by atoms with Crippen LogP contribution in [0, 0.1) is 0 Å². The summed E-state index contributed by atoms with van der Waals surface area (Å²) >= 11 is 0. The molecule has 6 nitrogen and oxygen atoms in total. The van der Waals surface area contributed by atoms with E-state index >= 15 is 0 Å². The number of carbonyl (C=O) groups excluding carboxylic acids is 1. The van der Waals surface area contributed by atoms with Gasteiger partial charge in [0.15, 0.2) is 11.5 Å². The van der Waals surface area contributed by atoms with Crippen LogP contribution in [0.25, 0.3) is 11.1 Å². The molecular weight excluding hydrogens is 364 g/mol. The molecule has 0 radical (unpaired) electrons. The number of oxazole rings is 1. The molecule has 2 saturated heterocycles. The summed E-state index contributed by atoms with van der Waals surface area (Å²) in [5, 5.41) is 2.90. The Labute approximate surface area is 170 Å². The van der Waals surface area contributed by atoms with E-state index in [9.17, 15) is 4.79 Å². The second kappa shape index (κ2) is 7.52. The summed E-state index contributed by atoms with van der Waals surface area (Å²) in [6.45, 7) is 0.960. The number of nitrogens with one attached hydrogen (secondary N) is 1. The van der Waals surface area contributed by atoms with Gasteiger partial charge in [-0.2, -0.15) is 0 Å². The molecule has 3 heterocycles. The van der Waals surface area contributed by atoms with Crippen molar-refractivity contribution < 1.29 is 9.21 Å². The molecule has 6 heteroatoms. The van der Waals surface area contributed by atoms with Gasteiger partial charge in [0.1, 0.15) is 5.52 Å². The zero-order chi connectivity index (χ0) is 19.8. The number of piperidine rings is 1. The van der Waals surface area contributed by atoms with Gasteiger partial charge in [0.25, 0.3) is 0 Å². The molecular formula is C23H26N4O2. The highest BCUT2D eigenvalue weighted by Gasteiger charge is 2.40. The largest absolute Gasteiger partial charge is 0.440 e. The monoisotopic (exact) mass is 390 g/mol. The first-order valence-electron chi connectivity index (χ1n) is 10.4. The summed E-state index contributed by atoms with van der Waals surface area (Å²) in [5.41, 5.74) is 9.58. The van der Waals surface area contributed by atoms with Gasteiger partial charge in [-0.05, 0) is 48.9 Å². The van der Waals surface area contributed by atoms with Crippen LogP contribution < -0.4 is 11.1 Å². The molecule has 2 aliphatic heterocycles. The molecule has 2 aliphatic rings. The Bertz CT molecular complexity index is 966. The zero-order valence-electron chi connectivity index (χ0n) is 16.4. The van der Waals surface area contributed by atoms with Crippen LogP contribution in [-0.4, -0.2) is 34.0 Å². The number of rotatable bonds is 5. The van der Waals surface area contributed by atoms with Crippen molar-refractivity contribution in [3.05, 3.63) is 65.5 Å². The van der Waals surface area contributed by atoms with Gasteiger partial charge >= 0.3 is 6.03 Å². The topological polar surface area (TPSA) is 84.4 Å². The standard InChI is InChI=1S/C23H26N4O2/c24-23(28)25-17-12-18-9-10-19(13-17)27(18)14-16-7-5-15(6-8-16)11-22-26-20-3-1-2-4-21(20)29-22/h1-8,17-19H,9-14H2,(H3,24,25,28)/t17-,18+,19-. The van der Waals surface area contributed by atoms with Gasteiger partial charge in [-0.15, -0.1) is 0 Å². The Balaban J connectivity index is 1.22. The molecule has 0 spiro atoms. The lowest BCUT2D eigenvalue weighted by atomic mass is 9.96. The van der Waals surface area contributed by atoms with E-state index in [0.29, 0.717) is 18.5 Å². The third-order valence-electron chi connectivity index (χ3n) is 6.31. The van der Waals surface area contributed by atoms with Crippen LogP contribution in [0.15, 0.2) is 52.9 Å². The smallest absolute Gasteiger partial charge is 0.312 e. The summed E-state index contributed by atoms with van der Waals surface area (Å²) in [7, 11) is 0. The van der Waals surface area contributed by atoms with Crippen LogP contribution in [0.1, 0.15) is 42.7 Å². The van der Waals surface area contributed by atoms with Crippen molar-refractivity contribution in [2.24, 2.45) is 5.73 Å². The summed E-state index contributed by atoms with van der Waals surface area (Å²) in [5.74, 6) is 0.751. The van der Waals surface area contributed by atoms with Crippen LogP contribution in [0.3, 0.4) is 0 Å². The van der Waals surface area contributed by atoms with Crippen LogP contribution in [0.2, 0.25) is 0 Å². The van der Waals surface area contributed by atoms with E-state index < -0.39 is 6.03 Å². The lowest BCUT2D eigenvalue weighted by Gasteiger charge is -2.39. The van der Waals surface area contributed by atoms with E-state index in [2.05, 4.69) is 39.5 Å². The summed E-state index contributed by atoms with van der Waals surface area (Å²) in [6, 6.07) is 17.5. The van der Waals surface area contributed by atoms with Crippen molar-refractivity contribution >= 4 is 17.1 Å². The predicted octanol–water partition coefficient (Wildman–Crippen LogP) is 3.58. The molecule has 2 fully saturated rings. The van der Waals surface area contributed by atoms with E-state index in [1.54, 1.807) is 0 Å². The number of urea groups is 1. The first kappa shape index (κ1) is 18.2. The number of nitrogens with two attached hydrogens (primary N) is 1. The number of benzene rings is 2. The van der Waals surface area contributed by atoms with Crippen LogP contribution in [0.4, 0.5) is 4.79 Å². The van der Waals surface area contributed by atoms with Gasteiger partial charge in [0.05, 0.1) is 0 Å². The minimum Gasteiger partial charge on any atom is -0.440 e. The number of carbonyl (C=O) groups is 1. The molecule has 3 aromatic rings. The van der Waals surface area contributed by atoms with Crippen LogP contribution in [-0.2, 0) is 13.0 Å². The fourth-order valence-corrected chi connectivity index (χ4v) is 4.99. The van der Waals surface area contributed by atoms with Crippen molar-refractivity contribution in [1.29, 1.82) is 0 Å². The predicted molar refractivity (Wildman–Crippen MR) is 111 cm³/mol. The summed E-state index contributed by atoms with van der Waals surface area (Å²) in [6.07, 6.45) is 5.10. The number of aromatic nitrogens is 1. The highest BCUT2D eigenvalue weighted by molar-refractivity contribution is 5.72. The molecule has 3 atom stereocenters. The maximum absolute atomic E-state index is 11.2. The van der Waals surface area contributed by atoms with E-state index in [4.69, 9.17) is 10.2 Å². The summed E-state index contributed by atoms with van der Waals surface area (Å²) in [4.78, 5) is 18.3. The average molecular weight is 390 g/mol. The molecule has 2 amide bonds. The average Bonchev–Trinajstić information content (AvgIpc) is 3.20. The normalized spacial score (nSPS) is 24.1. The van der Waals surface area contributed by atoms with Gasteiger partial charge in [0, 0.05) is 31.1 Å². The Morgan fingerprint density at radius 3 is 2.45 bits per heavy atom. The lowest BCUT2D eigenvalue weighted by Crippen LogP contribution is -2.51. The second-order valence-electron chi connectivity index (χ2n) is 8.30. The van der Waals surface area contributed by atoms with Crippen LogP contribution in [0.5, 0.6) is 0 Å². The minimum absolute atomic E-state index is 0.222. The molecule has 2 aromatic carbocycles. The lowest BCUT2D eigenvalue weighted by molar-refractivity contribution is 0.112. The van der Waals surface area contributed by atoms with Crippen molar-refractivity contribution in [3.63, 3.8) is 0 Å². The van der Waals surface area contributed by atoms with Crippen molar-refractivity contribution in [3.8, 4) is 0 Å². The number of para-hydroxylation sites is 2. The molecule has 3 N–H and O–H groups in total. The number of primary amides is 1. The number of amides is 2. The maximum atomic E-state index is 11.2. The van der Waals surface area contributed by atoms with Gasteiger partial charge in [0.2, 0.25) is 0 Å². The fourth-order valence-electron chi connectivity index (χ4n) is 4.99. The molecule has 1 aromatic heterocycles. The number of hydrogen-bond donors (Lipinski definition) is 2. The van der Waals surface area contributed by atoms with Crippen LogP contribution >= 0.6 is 0 Å². The van der Waals surface area contributed by atoms with Gasteiger partial charge in [-0.25, -0.2) is 9.78 Å². The first-order chi connectivity index (χ1) is 14.1. The summed E-state index contributed by atoms with van der Waals surface area (Å²) < 4.78 is 5.84. The number of nitrogens with zero attached hydrogens (tertiary/aromatic N) is 2. The SMILES string of the molecule is NC(=O)N[C@H]1C[C@H]2CC[C@@H](C1)N2Cc1ccc(Cc2nc3ccccc3o2)cc1.